The van der Waals surface area contributed by atoms with Crippen LogP contribution in [0.4, 0.5) is 19.0 Å². The Kier molecular flexibility index (Phi) is 5.02. The SMILES string of the molecule is O=S(=O)(Nc1ccc(Cl)c2cc(-c3ccc[n+]([O-])c3)nn12)c1ccc(C(F)(F)F)cc1. The van der Waals surface area contributed by atoms with Gasteiger partial charge in [0.15, 0.2) is 12.4 Å². The molecule has 0 spiro atoms. The normalized spacial score (nSPS) is 12.3. The zero-order chi connectivity index (χ0) is 22.4. The molecule has 7 nitrogen and oxygen atoms in total. The van der Waals surface area contributed by atoms with Crippen LogP contribution >= 0.6 is 11.6 Å². The van der Waals surface area contributed by atoms with E-state index < -0.39 is 21.8 Å². The minimum atomic E-state index is -4.58. The number of halogens is 4. The Bertz CT molecular complexity index is 1390. The summed E-state index contributed by atoms with van der Waals surface area (Å²) in [6, 6.07) is 10.7. The molecule has 1 aromatic carbocycles. The van der Waals surface area contributed by atoms with Gasteiger partial charge in [0, 0.05) is 6.07 Å². The molecule has 0 aliphatic carbocycles. The fraction of sp³-hybridized carbons (Fsp3) is 0.0526. The largest absolute Gasteiger partial charge is 0.619 e. The van der Waals surface area contributed by atoms with Crippen molar-refractivity contribution in [3.63, 3.8) is 0 Å². The Morgan fingerprint density at radius 3 is 2.45 bits per heavy atom. The lowest BCUT2D eigenvalue weighted by Gasteiger charge is -2.11. The molecule has 0 aliphatic rings. The summed E-state index contributed by atoms with van der Waals surface area (Å²) in [6.07, 6.45) is -1.99. The topological polar surface area (TPSA) is 90.4 Å². The van der Waals surface area contributed by atoms with Gasteiger partial charge in [-0.05, 0) is 48.5 Å². The highest BCUT2D eigenvalue weighted by Crippen LogP contribution is 2.31. The predicted octanol–water partition coefficient (Wildman–Crippen LogP) is 4.11. The first-order chi connectivity index (χ1) is 14.5. The van der Waals surface area contributed by atoms with Crippen LogP contribution in [0.2, 0.25) is 5.02 Å². The fourth-order valence-corrected chi connectivity index (χ4v) is 4.13. The zero-order valence-corrected chi connectivity index (χ0v) is 16.9. The molecule has 0 radical (unpaired) electrons. The highest BCUT2D eigenvalue weighted by Gasteiger charge is 2.30. The highest BCUT2D eigenvalue weighted by atomic mass is 35.5. The number of sulfonamides is 1. The Labute approximate surface area is 179 Å². The van der Waals surface area contributed by atoms with Crippen molar-refractivity contribution in [2.75, 3.05) is 4.72 Å². The molecule has 0 amide bonds. The van der Waals surface area contributed by atoms with Crippen LogP contribution in [0.15, 0.2) is 71.9 Å². The molecule has 3 heterocycles. The molecule has 4 aromatic rings. The van der Waals surface area contributed by atoms with E-state index in [2.05, 4.69) is 9.82 Å². The molecule has 160 valence electrons. The number of hydrogen-bond acceptors (Lipinski definition) is 4. The van der Waals surface area contributed by atoms with Crippen LogP contribution in [-0.2, 0) is 16.2 Å². The van der Waals surface area contributed by atoms with Crippen molar-refractivity contribution in [2.24, 2.45) is 0 Å². The molecule has 12 heteroatoms. The van der Waals surface area contributed by atoms with Crippen molar-refractivity contribution in [1.82, 2.24) is 9.61 Å². The van der Waals surface area contributed by atoms with Crippen LogP contribution in [0.1, 0.15) is 5.56 Å². The Morgan fingerprint density at radius 2 is 1.81 bits per heavy atom. The van der Waals surface area contributed by atoms with Gasteiger partial charge >= 0.3 is 6.18 Å². The third-order valence-corrected chi connectivity index (χ3v) is 6.06. The molecule has 0 bridgehead atoms. The Morgan fingerprint density at radius 1 is 1.10 bits per heavy atom. The van der Waals surface area contributed by atoms with Gasteiger partial charge in [-0.1, -0.05) is 11.6 Å². The van der Waals surface area contributed by atoms with E-state index in [1.165, 1.54) is 35.1 Å². The van der Waals surface area contributed by atoms with Gasteiger partial charge in [-0.25, -0.2) is 12.9 Å². The lowest BCUT2D eigenvalue weighted by atomic mass is 10.2. The standard InChI is InChI=1S/C19H12ClF3N4O3S/c20-15-7-8-18(25-31(29,30)14-5-3-13(4-6-14)19(21,22)23)27-17(15)10-16(24-27)12-2-1-9-26(28)11-12/h1-11,25H. The van der Waals surface area contributed by atoms with E-state index in [4.69, 9.17) is 11.6 Å². The molecule has 3 aromatic heterocycles. The van der Waals surface area contributed by atoms with Gasteiger partial charge in [-0.15, -0.1) is 0 Å². The van der Waals surface area contributed by atoms with E-state index in [1.54, 1.807) is 12.1 Å². The van der Waals surface area contributed by atoms with Crippen LogP contribution in [-0.4, -0.2) is 18.0 Å². The molecular weight excluding hydrogens is 457 g/mol. The molecule has 0 unspecified atom stereocenters. The average Bonchev–Trinajstić information content (AvgIpc) is 3.16. The summed E-state index contributed by atoms with van der Waals surface area (Å²) in [4.78, 5) is -0.355. The van der Waals surface area contributed by atoms with E-state index in [9.17, 15) is 26.8 Å². The number of rotatable bonds is 4. The molecule has 1 N–H and O–H groups in total. The summed E-state index contributed by atoms with van der Waals surface area (Å²) in [5, 5.41) is 16.1. The Hall–Kier alpha value is -3.31. The maximum atomic E-state index is 12.7. The van der Waals surface area contributed by atoms with Crippen molar-refractivity contribution in [2.45, 2.75) is 11.1 Å². The molecular formula is C19H12ClF3N4O3S. The zero-order valence-electron chi connectivity index (χ0n) is 15.3. The minimum Gasteiger partial charge on any atom is -0.619 e. The summed E-state index contributed by atoms with van der Waals surface area (Å²) < 4.78 is 67.7. The molecule has 0 aliphatic heterocycles. The van der Waals surface area contributed by atoms with E-state index in [1.807, 2.05) is 0 Å². The van der Waals surface area contributed by atoms with Gasteiger partial charge in [0.05, 0.1) is 32.3 Å². The summed E-state index contributed by atoms with van der Waals surface area (Å²) in [7, 11) is -4.22. The van der Waals surface area contributed by atoms with Gasteiger partial charge in [-0.2, -0.15) is 23.0 Å². The predicted molar refractivity (Wildman–Crippen MR) is 107 cm³/mol. The molecule has 4 rings (SSSR count). The number of hydrogen-bond donors (Lipinski definition) is 1. The number of nitrogens with one attached hydrogen (secondary N) is 1. The van der Waals surface area contributed by atoms with Gasteiger partial charge in [0.1, 0.15) is 5.82 Å². The molecule has 0 atom stereocenters. The minimum absolute atomic E-state index is 0.0106. The lowest BCUT2D eigenvalue weighted by molar-refractivity contribution is -0.604. The first kappa shape index (κ1) is 20.9. The first-order valence-corrected chi connectivity index (χ1v) is 10.5. The number of aromatic nitrogens is 3. The monoisotopic (exact) mass is 468 g/mol. The number of pyridine rings is 2. The third kappa shape index (κ3) is 4.14. The smallest absolute Gasteiger partial charge is 0.416 e. The summed E-state index contributed by atoms with van der Waals surface area (Å²) in [5.74, 6) is 0.0106. The second-order valence-electron chi connectivity index (χ2n) is 6.47. The molecule has 0 saturated heterocycles. The third-order valence-electron chi connectivity index (χ3n) is 4.37. The van der Waals surface area contributed by atoms with Gasteiger partial charge < -0.3 is 5.21 Å². The van der Waals surface area contributed by atoms with Gasteiger partial charge in [0.25, 0.3) is 10.0 Å². The van der Waals surface area contributed by atoms with Crippen LogP contribution < -0.4 is 9.45 Å². The van der Waals surface area contributed by atoms with E-state index in [-0.39, 0.29) is 15.7 Å². The first-order valence-electron chi connectivity index (χ1n) is 8.62. The maximum absolute atomic E-state index is 12.7. The summed E-state index contributed by atoms with van der Waals surface area (Å²) in [5.41, 5.74) is 0.253. The van der Waals surface area contributed by atoms with Crippen molar-refractivity contribution in [3.05, 3.63) is 82.8 Å². The second kappa shape index (κ2) is 7.43. The number of alkyl halides is 3. The summed E-state index contributed by atoms with van der Waals surface area (Å²) in [6.45, 7) is 0. The summed E-state index contributed by atoms with van der Waals surface area (Å²) >= 11 is 6.20. The van der Waals surface area contributed by atoms with E-state index >= 15 is 0 Å². The molecule has 0 fully saturated rings. The van der Waals surface area contributed by atoms with Crippen LogP contribution in [0.3, 0.4) is 0 Å². The van der Waals surface area contributed by atoms with E-state index in [0.717, 1.165) is 12.1 Å². The lowest BCUT2D eigenvalue weighted by Crippen LogP contribution is -2.23. The molecule has 0 saturated carbocycles. The number of nitrogens with zero attached hydrogens (tertiary/aromatic N) is 3. The van der Waals surface area contributed by atoms with Crippen molar-refractivity contribution in [3.8, 4) is 11.3 Å². The van der Waals surface area contributed by atoms with Crippen LogP contribution in [0.5, 0.6) is 0 Å². The van der Waals surface area contributed by atoms with E-state index in [0.29, 0.717) is 33.6 Å². The van der Waals surface area contributed by atoms with Gasteiger partial charge in [0.2, 0.25) is 0 Å². The van der Waals surface area contributed by atoms with Crippen molar-refractivity contribution in [1.29, 1.82) is 0 Å². The van der Waals surface area contributed by atoms with Crippen molar-refractivity contribution < 1.29 is 26.3 Å². The highest BCUT2D eigenvalue weighted by molar-refractivity contribution is 7.92. The fourth-order valence-electron chi connectivity index (χ4n) is 2.89. The van der Waals surface area contributed by atoms with Crippen LogP contribution in [0, 0.1) is 5.21 Å². The number of benzene rings is 1. The quantitative estimate of drug-likeness (QED) is 0.360. The Balaban J connectivity index is 1.73. The second-order valence-corrected chi connectivity index (χ2v) is 8.56. The van der Waals surface area contributed by atoms with Gasteiger partial charge in [-0.3, -0.25) is 4.72 Å². The van der Waals surface area contributed by atoms with Crippen LogP contribution in [0.25, 0.3) is 16.8 Å². The average molecular weight is 469 g/mol. The maximum Gasteiger partial charge on any atom is 0.416 e. The number of anilines is 1. The molecule has 31 heavy (non-hydrogen) atoms. The van der Waals surface area contributed by atoms with Crippen molar-refractivity contribution >= 4 is 33.0 Å². The number of fused-ring (bicyclic) bond motifs is 1.